The van der Waals surface area contributed by atoms with Crippen LogP contribution in [0.1, 0.15) is 18.0 Å². The Bertz CT molecular complexity index is 907. The van der Waals surface area contributed by atoms with Crippen LogP contribution in [0.2, 0.25) is 0 Å². The van der Waals surface area contributed by atoms with Gasteiger partial charge in [0.1, 0.15) is 5.82 Å². The van der Waals surface area contributed by atoms with E-state index < -0.39 is 13.3 Å². The number of hydrogen-bond acceptors (Lipinski definition) is 1. The first kappa shape index (κ1) is 18.1. The van der Waals surface area contributed by atoms with E-state index >= 15 is 0 Å². The number of halogens is 1. The molecule has 1 N–H and O–H groups in total. The zero-order valence-corrected chi connectivity index (χ0v) is 15.1. The molecular weight excluding hydrogens is 344 g/mol. The second-order valence-electron chi connectivity index (χ2n) is 5.89. The van der Waals surface area contributed by atoms with Crippen molar-refractivity contribution in [2.24, 2.45) is 0 Å². The van der Waals surface area contributed by atoms with E-state index in [1.54, 1.807) is 18.2 Å². The van der Waals surface area contributed by atoms with Crippen LogP contribution in [0, 0.1) is 18.2 Å². The van der Waals surface area contributed by atoms with Gasteiger partial charge in [0.2, 0.25) is 7.29 Å². The Morgan fingerprint density at radius 2 is 1.38 bits per heavy atom. The quantitative estimate of drug-likeness (QED) is 0.519. The topological polar surface area (TPSA) is 29.1 Å². The average molecular weight is 363 g/mol. The molecular formula is C22H19FNOP. The van der Waals surface area contributed by atoms with Gasteiger partial charge in [0.25, 0.3) is 0 Å². The van der Waals surface area contributed by atoms with Crippen LogP contribution in [0.3, 0.4) is 0 Å². The number of benzene rings is 3. The van der Waals surface area contributed by atoms with Crippen LogP contribution < -0.4 is 15.7 Å². The summed E-state index contributed by atoms with van der Waals surface area (Å²) in [5.74, 6) is 2.20. The maximum absolute atomic E-state index is 14.3. The number of hydrogen-bond donors (Lipinski definition) is 1. The van der Waals surface area contributed by atoms with Crippen molar-refractivity contribution in [2.75, 3.05) is 0 Å². The van der Waals surface area contributed by atoms with Crippen molar-refractivity contribution in [2.45, 2.75) is 12.5 Å². The summed E-state index contributed by atoms with van der Waals surface area (Å²) in [6.45, 7) is 0. The number of nitrogens with one attached hydrogen (secondary N) is 1. The van der Waals surface area contributed by atoms with Crippen molar-refractivity contribution in [1.29, 1.82) is 0 Å². The highest BCUT2D eigenvalue weighted by atomic mass is 31.2. The largest absolute Gasteiger partial charge is 0.297 e. The molecule has 0 aliphatic heterocycles. The summed E-state index contributed by atoms with van der Waals surface area (Å²) < 4.78 is 28.4. The Kier molecular flexibility index (Phi) is 5.68. The Hall–Kier alpha value is -2.66. The second-order valence-corrected chi connectivity index (χ2v) is 8.40. The van der Waals surface area contributed by atoms with E-state index in [1.807, 2.05) is 60.7 Å². The van der Waals surface area contributed by atoms with Crippen LogP contribution >= 0.6 is 7.29 Å². The predicted molar refractivity (Wildman–Crippen MR) is 105 cm³/mol. The van der Waals surface area contributed by atoms with Gasteiger partial charge in [-0.25, -0.2) is 4.39 Å². The monoisotopic (exact) mass is 363 g/mol. The molecule has 3 rings (SSSR count). The van der Waals surface area contributed by atoms with Crippen molar-refractivity contribution in [3.63, 3.8) is 0 Å². The molecule has 3 aromatic rings. The SMILES string of the molecule is C#CC[C@H](NP(=O)(c1ccccc1)c1ccccc1)c1ccccc1F. The highest BCUT2D eigenvalue weighted by Crippen LogP contribution is 2.42. The van der Waals surface area contributed by atoms with Crippen molar-refractivity contribution >= 4 is 17.9 Å². The van der Waals surface area contributed by atoms with Crippen molar-refractivity contribution < 1.29 is 8.96 Å². The third kappa shape index (κ3) is 3.78. The van der Waals surface area contributed by atoms with Crippen LogP contribution in [0.5, 0.6) is 0 Å². The molecule has 1 atom stereocenters. The summed E-state index contributed by atoms with van der Waals surface area (Å²) in [5, 5.41) is 4.51. The second kappa shape index (κ2) is 8.15. The molecule has 0 fully saturated rings. The van der Waals surface area contributed by atoms with E-state index in [0.29, 0.717) is 16.2 Å². The Morgan fingerprint density at radius 3 is 1.88 bits per heavy atom. The molecule has 3 aromatic carbocycles. The third-order valence-electron chi connectivity index (χ3n) is 4.18. The maximum Gasteiger partial charge on any atom is 0.205 e. The molecule has 0 heterocycles. The molecule has 0 aromatic heterocycles. The van der Waals surface area contributed by atoms with Crippen molar-refractivity contribution in [1.82, 2.24) is 5.09 Å². The maximum atomic E-state index is 14.3. The fourth-order valence-corrected chi connectivity index (χ4v) is 5.34. The average Bonchev–Trinajstić information content (AvgIpc) is 2.69. The predicted octanol–water partition coefficient (Wildman–Crippen LogP) is 4.41. The lowest BCUT2D eigenvalue weighted by Crippen LogP contribution is -2.31. The van der Waals surface area contributed by atoms with Gasteiger partial charge in [0.05, 0.1) is 6.04 Å². The van der Waals surface area contributed by atoms with Gasteiger partial charge in [-0.1, -0.05) is 54.6 Å². The molecule has 4 heteroatoms. The Balaban J connectivity index is 2.09. The summed E-state index contributed by atoms with van der Waals surface area (Å²) in [7, 11) is -3.21. The molecule has 0 amide bonds. The molecule has 0 saturated carbocycles. The standard InChI is InChI=1S/C22H19FNOP/c1-2-11-22(20-16-9-10-17-21(20)23)24-26(25,18-12-5-3-6-13-18)19-14-7-4-8-15-19/h1,3-10,12-17,22H,11H2,(H,24,25)/t22-/m0/s1. The van der Waals surface area contributed by atoms with Crippen LogP contribution in [0.25, 0.3) is 0 Å². The van der Waals surface area contributed by atoms with E-state index in [0.717, 1.165) is 0 Å². The van der Waals surface area contributed by atoms with E-state index in [-0.39, 0.29) is 12.2 Å². The first-order valence-corrected chi connectivity index (χ1v) is 10.0. The van der Waals surface area contributed by atoms with E-state index in [9.17, 15) is 8.96 Å². The summed E-state index contributed by atoms with van der Waals surface area (Å²) in [6.07, 6.45) is 5.74. The molecule has 26 heavy (non-hydrogen) atoms. The van der Waals surface area contributed by atoms with E-state index in [4.69, 9.17) is 6.42 Å². The highest BCUT2D eigenvalue weighted by molar-refractivity contribution is 7.76. The Labute approximate surface area is 153 Å². The first-order valence-electron chi connectivity index (χ1n) is 8.32. The number of terminal acetylenes is 1. The van der Waals surface area contributed by atoms with Gasteiger partial charge < -0.3 is 0 Å². The third-order valence-corrected chi connectivity index (χ3v) is 6.91. The molecule has 130 valence electrons. The lowest BCUT2D eigenvalue weighted by Gasteiger charge is -2.26. The van der Waals surface area contributed by atoms with Crippen molar-refractivity contribution in [3.8, 4) is 12.3 Å². The normalized spacial score (nSPS) is 12.3. The molecule has 0 aliphatic rings. The Morgan fingerprint density at radius 1 is 0.885 bits per heavy atom. The smallest absolute Gasteiger partial charge is 0.205 e. The molecule has 0 bridgehead atoms. The minimum atomic E-state index is -3.21. The minimum absolute atomic E-state index is 0.227. The zero-order chi connectivity index (χ0) is 18.4. The lowest BCUT2D eigenvalue weighted by atomic mass is 10.0. The molecule has 0 unspecified atom stereocenters. The molecule has 2 nitrogen and oxygen atoms in total. The lowest BCUT2D eigenvalue weighted by molar-refractivity contribution is 0.544. The summed E-state index contributed by atoms with van der Waals surface area (Å²) in [5.41, 5.74) is 0.414. The summed E-state index contributed by atoms with van der Waals surface area (Å²) in [6, 6.07) is 24.2. The molecule has 0 radical (unpaired) electrons. The van der Waals surface area contributed by atoms with Crippen LogP contribution in [0.15, 0.2) is 84.9 Å². The van der Waals surface area contributed by atoms with Crippen LogP contribution in [0.4, 0.5) is 4.39 Å². The van der Waals surface area contributed by atoms with E-state index in [2.05, 4.69) is 11.0 Å². The summed E-state index contributed by atoms with van der Waals surface area (Å²) in [4.78, 5) is 0. The van der Waals surface area contributed by atoms with Gasteiger partial charge in [-0.2, -0.15) is 0 Å². The molecule has 0 spiro atoms. The summed E-state index contributed by atoms with van der Waals surface area (Å²) >= 11 is 0. The van der Waals surface area contributed by atoms with Gasteiger partial charge in [-0.15, -0.1) is 12.3 Å². The molecule has 0 aliphatic carbocycles. The fraction of sp³-hybridized carbons (Fsp3) is 0.0909. The van der Waals surface area contributed by atoms with Gasteiger partial charge in [-0.05, 0) is 30.3 Å². The first-order chi connectivity index (χ1) is 12.6. The number of rotatable bonds is 6. The van der Waals surface area contributed by atoms with E-state index in [1.165, 1.54) is 6.07 Å². The van der Waals surface area contributed by atoms with Crippen LogP contribution in [-0.2, 0) is 4.57 Å². The molecule has 0 saturated heterocycles. The van der Waals surface area contributed by atoms with Gasteiger partial charge in [-0.3, -0.25) is 9.65 Å². The van der Waals surface area contributed by atoms with Gasteiger partial charge in [0, 0.05) is 22.6 Å². The van der Waals surface area contributed by atoms with Crippen LogP contribution in [-0.4, -0.2) is 0 Å². The van der Waals surface area contributed by atoms with Gasteiger partial charge in [0.15, 0.2) is 0 Å². The minimum Gasteiger partial charge on any atom is -0.297 e. The van der Waals surface area contributed by atoms with Crippen molar-refractivity contribution in [3.05, 3.63) is 96.3 Å². The highest BCUT2D eigenvalue weighted by Gasteiger charge is 2.31. The fourth-order valence-electron chi connectivity index (χ4n) is 2.89. The zero-order valence-electron chi connectivity index (χ0n) is 14.2. The van der Waals surface area contributed by atoms with Gasteiger partial charge >= 0.3 is 0 Å².